The minimum Gasteiger partial charge on any atom is -0.467 e. The number of H-pyrrole nitrogens is 1. The SMILES string of the molecule is Cc1[nH]cnc1CSCCNC(=S)NCc1ccco1. The van der Waals surface area contributed by atoms with Crippen LogP contribution in [0.15, 0.2) is 29.1 Å². The highest BCUT2D eigenvalue weighted by Crippen LogP contribution is 2.11. The zero-order valence-electron chi connectivity index (χ0n) is 11.3. The molecule has 2 aromatic rings. The Bertz CT molecular complexity index is 524. The molecule has 0 aromatic carbocycles. The standard InChI is InChI=1S/C13H18N4OS2/c1-10-12(17-9-16-10)8-20-6-4-14-13(19)15-7-11-3-2-5-18-11/h2-3,5,9H,4,6-8H2,1H3,(H,16,17)(H2,14,15,19). The van der Waals surface area contributed by atoms with Crippen molar-refractivity contribution in [3.05, 3.63) is 41.9 Å². The summed E-state index contributed by atoms with van der Waals surface area (Å²) in [5.74, 6) is 2.77. The van der Waals surface area contributed by atoms with Crippen LogP contribution in [-0.2, 0) is 12.3 Å². The van der Waals surface area contributed by atoms with Gasteiger partial charge in [-0.3, -0.25) is 0 Å². The summed E-state index contributed by atoms with van der Waals surface area (Å²) in [6, 6.07) is 3.78. The summed E-state index contributed by atoms with van der Waals surface area (Å²) < 4.78 is 5.22. The molecule has 108 valence electrons. The van der Waals surface area contributed by atoms with Gasteiger partial charge in [0.1, 0.15) is 5.76 Å². The molecule has 0 aliphatic rings. The molecule has 0 saturated carbocycles. The molecule has 5 nitrogen and oxygen atoms in total. The maximum atomic E-state index is 5.22. The van der Waals surface area contributed by atoms with Crippen LogP contribution < -0.4 is 10.6 Å². The Balaban J connectivity index is 1.52. The minimum absolute atomic E-state index is 0.610. The number of thioether (sulfide) groups is 1. The largest absolute Gasteiger partial charge is 0.467 e. The van der Waals surface area contributed by atoms with Gasteiger partial charge in [-0.15, -0.1) is 0 Å². The van der Waals surface area contributed by atoms with Gasteiger partial charge in [-0.25, -0.2) is 4.98 Å². The first-order chi connectivity index (χ1) is 9.75. The lowest BCUT2D eigenvalue weighted by atomic mass is 10.4. The Morgan fingerprint density at radius 1 is 1.50 bits per heavy atom. The first-order valence-electron chi connectivity index (χ1n) is 6.36. The van der Waals surface area contributed by atoms with Gasteiger partial charge in [0.05, 0.1) is 24.8 Å². The van der Waals surface area contributed by atoms with Gasteiger partial charge in [0, 0.05) is 23.7 Å². The second-order valence-electron chi connectivity index (χ2n) is 4.22. The molecule has 2 heterocycles. The lowest BCUT2D eigenvalue weighted by molar-refractivity contribution is 0.502. The number of aromatic amines is 1. The zero-order chi connectivity index (χ0) is 14.2. The molecular weight excluding hydrogens is 292 g/mol. The average molecular weight is 310 g/mol. The van der Waals surface area contributed by atoms with Crippen molar-refractivity contribution >= 4 is 29.1 Å². The first kappa shape index (κ1) is 14.9. The van der Waals surface area contributed by atoms with Crippen LogP contribution in [0.25, 0.3) is 0 Å². The number of rotatable bonds is 7. The van der Waals surface area contributed by atoms with Crippen molar-refractivity contribution < 1.29 is 4.42 Å². The van der Waals surface area contributed by atoms with Crippen LogP contribution in [0.1, 0.15) is 17.1 Å². The molecule has 0 radical (unpaired) electrons. The third-order valence-electron chi connectivity index (χ3n) is 2.71. The van der Waals surface area contributed by atoms with Gasteiger partial charge in [-0.1, -0.05) is 0 Å². The van der Waals surface area contributed by atoms with E-state index in [1.54, 1.807) is 12.6 Å². The summed E-state index contributed by atoms with van der Waals surface area (Å²) in [5, 5.41) is 6.92. The highest BCUT2D eigenvalue weighted by atomic mass is 32.2. The van der Waals surface area contributed by atoms with Crippen LogP contribution in [0.2, 0.25) is 0 Å². The van der Waals surface area contributed by atoms with Gasteiger partial charge in [0.25, 0.3) is 0 Å². The molecule has 2 rings (SSSR count). The smallest absolute Gasteiger partial charge is 0.166 e. The summed E-state index contributed by atoms with van der Waals surface area (Å²) in [7, 11) is 0. The van der Waals surface area contributed by atoms with Crippen molar-refractivity contribution in [3.63, 3.8) is 0 Å². The van der Waals surface area contributed by atoms with Crippen LogP contribution in [0, 0.1) is 6.92 Å². The number of furan rings is 1. The number of hydrogen-bond donors (Lipinski definition) is 3. The summed E-state index contributed by atoms with van der Waals surface area (Å²) in [5.41, 5.74) is 2.26. The van der Waals surface area contributed by atoms with Crippen LogP contribution in [-0.4, -0.2) is 27.4 Å². The zero-order valence-corrected chi connectivity index (χ0v) is 12.9. The van der Waals surface area contributed by atoms with Gasteiger partial charge in [0.15, 0.2) is 5.11 Å². The molecular formula is C13H18N4OS2. The second kappa shape index (κ2) is 7.96. The normalized spacial score (nSPS) is 10.4. The van der Waals surface area contributed by atoms with E-state index >= 15 is 0 Å². The lowest BCUT2D eigenvalue weighted by Crippen LogP contribution is -2.35. The molecule has 0 unspecified atom stereocenters. The van der Waals surface area contributed by atoms with E-state index in [0.717, 1.165) is 35.2 Å². The Kier molecular flexibility index (Phi) is 5.94. The van der Waals surface area contributed by atoms with E-state index in [0.29, 0.717) is 11.7 Å². The van der Waals surface area contributed by atoms with Crippen molar-refractivity contribution in [2.24, 2.45) is 0 Å². The third-order valence-corrected chi connectivity index (χ3v) is 3.97. The van der Waals surface area contributed by atoms with Gasteiger partial charge in [-0.2, -0.15) is 11.8 Å². The van der Waals surface area contributed by atoms with Crippen LogP contribution in [0.3, 0.4) is 0 Å². The fraction of sp³-hybridized carbons (Fsp3) is 0.385. The van der Waals surface area contributed by atoms with Gasteiger partial charge >= 0.3 is 0 Å². The Labute approximate surface area is 127 Å². The Hall–Kier alpha value is -1.47. The lowest BCUT2D eigenvalue weighted by Gasteiger charge is -2.09. The van der Waals surface area contributed by atoms with Gasteiger partial charge < -0.3 is 20.0 Å². The Morgan fingerprint density at radius 2 is 2.40 bits per heavy atom. The monoisotopic (exact) mass is 310 g/mol. The molecule has 0 fully saturated rings. The molecule has 3 N–H and O–H groups in total. The maximum Gasteiger partial charge on any atom is 0.166 e. The van der Waals surface area contributed by atoms with Crippen molar-refractivity contribution in [1.82, 2.24) is 20.6 Å². The molecule has 0 atom stereocenters. The third kappa shape index (κ3) is 4.90. The number of aromatic nitrogens is 2. The van der Waals surface area contributed by atoms with E-state index in [1.165, 1.54) is 0 Å². The molecule has 0 amide bonds. The van der Waals surface area contributed by atoms with Crippen molar-refractivity contribution in [2.45, 2.75) is 19.2 Å². The molecule has 0 aliphatic heterocycles. The van der Waals surface area contributed by atoms with Gasteiger partial charge in [-0.05, 0) is 31.3 Å². The topological polar surface area (TPSA) is 65.9 Å². The number of aryl methyl sites for hydroxylation is 1. The highest BCUT2D eigenvalue weighted by molar-refractivity contribution is 7.98. The molecule has 7 heteroatoms. The van der Waals surface area contributed by atoms with Crippen LogP contribution in [0.4, 0.5) is 0 Å². The number of nitrogens with one attached hydrogen (secondary N) is 3. The molecule has 0 bridgehead atoms. The quantitative estimate of drug-likeness (QED) is 0.538. The van der Waals surface area contributed by atoms with E-state index in [9.17, 15) is 0 Å². The fourth-order valence-corrected chi connectivity index (χ4v) is 2.63. The summed E-state index contributed by atoms with van der Waals surface area (Å²) >= 11 is 7.02. The number of hydrogen-bond acceptors (Lipinski definition) is 4. The summed E-state index contributed by atoms with van der Waals surface area (Å²) in [4.78, 5) is 7.34. The molecule has 0 saturated heterocycles. The predicted octanol–water partition coefficient (Wildman–Crippen LogP) is 2.21. The maximum absolute atomic E-state index is 5.22. The van der Waals surface area contributed by atoms with E-state index in [4.69, 9.17) is 16.6 Å². The fourth-order valence-electron chi connectivity index (χ4n) is 1.58. The molecule has 20 heavy (non-hydrogen) atoms. The van der Waals surface area contributed by atoms with Gasteiger partial charge in [0.2, 0.25) is 0 Å². The number of thiocarbonyl (C=S) groups is 1. The summed E-state index contributed by atoms with van der Waals surface area (Å²) in [6.45, 7) is 3.48. The van der Waals surface area contributed by atoms with Crippen LogP contribution in [0.5, 0.6) is 0 Å². The van der Waals surface area contributed by atoms with Crippen LogP contribution >= 0.6 is 24.0 Å². The second-order valence-corrected chi connectivity index (χ2v) is 5.73. The predicted molar refractivity (Wildman–Crippen MR) is 85.6 cm³/mol. The van der Waals surface area contributed by atoms with E-state index in [1.807, 2.05) is 30.8 Å². The van der Waals surface area contributed by atoms with E-state index in [-0.39, 0.29) is 0 Å². The Morgan fingerprint density at radius 3 is 3.10 bits per heavy atom. The molecule has 2 aromatic heterocycles. The number of imidazole rings is 1. The van der Waals surface area contributed by atoms with Crippen molar-refractivity contribution in [2.75, 3.05) is 12.3 Å². The van der Waals surface area contributed by atoms with Crippen molar-refractivity contribution in [3.8, 4) is 0 Å². The minimum atomic E-state index is 0.610. The van der Waals surface area contributed by atoms with E-state index < -0.39 is 0 Å². The molecule has 0 spiro atoms. The average Bonchev–Trinajstić information content (AvgIpc) is 3.08. The van der Waals surface area contributed by atoms with Crippen molar-refractivity contribution in [1.29, 1.82) is 0 Å². The summed E-state index contributed by atoms with van der Waals surface area (Å²) in [6.07, 6.45) is 3.39. The number of nitrogens with zero attached hydrogens (tertiary/aromatic N) is 1. The van der Waals surface area contributed by atoms with E-state index in [2.05, 4.69) is 20.6 Å². The first-order valence-corrected chi connectivity index (χ1v) is 7.92. The molecule has 0 aliphatic carbocycles. The highest BCUT2D eigenvalue weighted by Gasteiger charge is 2.01.